The predicted molar refractivity (Wildman–Crippen MR) is 123 cm³/mol. The zero-order chi connectivity index (χ0) is 18.4. The van der Waals surface area contributed by atoms with Crippen LogP contribution >= 0.6 is 11.8 Å². The first-order valence-corrected chi connectivity index (χ1v) is 9.26. The van der Waals surface area contributed by atoms with Gasteiger partial charge < -0.3 is 20.4 Å². The first-order valence-electron chi connectivity index (χ1n) is 8.44. The van der Waals surface area contributed by atoms with E-state index in [2.05, 4.69) is 36.9 Å². The van der Waals surface area contributed by atoms with Gasteiger partial charge in [0.15, 0.2) is 11.5 Å². The van der Waals surface area contributed by atoms with Crippen molar-refractivity contribution in [2.75, 3.05) is 7.11 Å². The number of ether oxygens (including phenoxy) is 2. The number of hydrogen-bond donors (Lipinski definition) is 0. The molecule has 0 saturated carbocycles. The van der Waals surface area contributed by atoms with Crippen molar-refractivity contribution < 1.29 is 20.4 Å². The van der Waals surface area contributed by atoms with Crippen molar-refractivity contribution in [3.05, 3.63) is 90.5 Å². The minimum Gasteiger partial charge on any atom is -0.493 e. The highest BCUT2D eigenvalue weighted by Gasteiger charge is 2.08. The third-order valence-electron chi connectivity index (χ3n) is 3.93. The molecule has 0 amide bonds. The number of rotatable bonds is 7. The standard InChI is InChI=1S/C23H22O2S.CH4.2H2O/c1-17(2)19-10-7-11-20(14-19)26-21-12-13-22(23(15-21)24-3)25-16-18-8-5-4-6-9-18;;;/h4-15H,1,16H2,2-3H3;1H4;2*1H2. The van der Waals surface area contributed by atoms with E-state index in [-0.39, 0.29) is 18.4 Å². The lowest BCUT2D eigenvalue weighted by Gasteiger charge is -2.12. The van der Waals surface area contributed by atoms with Gasteiger partial charge in [0.1, 0.15) is 6.61 Å². The van der Waals surface area contributed by atoms with Crippen LogP contribution in [-0.4, -0.2) is 18.1 Å². The van der Waals surface area contributed by atoms with E-state index in [4.69, 9.17) is 9.47 Å². The van der Waals surface area contributed by atoms with E-state index in [1.54, 1.807) is 18.9 Å². The summed E-state index contributed by atoms with van der Waals surface area (Å²) in [6, 6.07) is 24.5. The molecule has 0 aliphatic carbocycles. The second-order valence-corrected chi connectivity index (χ2v) is 7.14. The van der Waals surface area contributed by atoms with Gasteiger partial charge in [0.2, 0.25) is 0 Å². The molecule has 4 N–H and O–H groups in total. The highest BCUT2D eigenvalue weighted by Crippen LogP contribution is 2.36. The third kappa shape index (κ3) is 7.31. The smallest absolute Gasteiger partial charge is 0.161 e. The van der Waals surface area contributed by atoms with Crippen LogP contribution in [0.3, 0.4) is 0 Å². The lowest BCUT2D eigenvalue weighted by molar-refractivity contribution is 0.284. The number of benzene rings is 3. The van der Waals surface area contributed by atoms with Gasteiger partial charge >= 0.3 is 0 Å². The molecule has 0 aliphatic rings. The van der Waals surface area contributed by atoms with Crippen LogP contribution in [0.25, 0.3) is 5.57 Å². The van der Waals surface area contributed by atoms with Gasteiger partial charge in [0.05, 0.1) is 7.11 Å². The molecule has 3 aromatic carbocycles. The molecule has 0 aliphatic heterocycles. The van der Waals surface area contributed by atoms with Crippen molar-refractivity contribution in [3.8, 4) is 11.5 Å². The Bertz CT molecular complexity index is 894. The molecule has 0 heterocycles. The maximum Gasteiger partial charge on any atom is 0.161 e. The van der Waals surface area contributed by atoms with Gasteiger partial charge in [-0.3, -0.25) is 0 Å². The summed E-state index contributed by atoms with van der Waals surface area (Å²) < 4.78 is 11.4. The maximum absolute atomic E-state index is 5.92. The first-order chi connectivity index (χ1) is 12.7. The summed E-state index contributed by atoms with van der Waals surface area (Å²) >= 11 is 1.70. The number of methoxy groups -OCH3 is 1. The van der Waals surface area contributed by atoms with Crippen molar-refractivity contribution in [3.63, 3.8) is 0 Å². The van der Waals surface area contributed by atoms with E-state index >= 15 is 0 Å². The van der Waals surface area contributed by atoms with E-state index < -0.39 is 0 Å². The van der Waals surface area contributed by atoms with Gasteiger partial charge in [-0.15, -0.1) is 0 Å². The Morgan fingerprint density at radius 3 is 2.21 bits per heavy atom. The van der Waals surface area contributed by atoms with Crippen LogP contribution in [-0.2, 0) is 6.61 Å². The fourth-order valence-electron chi connectivity index (χ4n) is 2.53. The van der Waals surface area contributed by atoms with E-state index in [9.17, 15) is 0 Å². The second-order valence-electron chi connectivity index (χ2n) is 6.00. The van der Waals surface area contributed by atoms with Crippen LogP contribution in [0, 0.1) is 0 Å². The minimum absolute atomic E-state index is 0. The van der Waals surface area contributed by atoms with Crippen molar-refractivity contribution in [2.45, 2.75) is 30.7 Å². The molecule has 0 bridgehead atoms. The summed E-state index contributed by atoms with van der Waals surface area (Å²) in [6.07, 6.45) is 0. The molecule has 0 spiro atoms. The van der Waals surface area contributed by atoms with Crippen molar-refractivity contribution in [2.24, 2.45) is 0 Å². The summed E-state index contributed by atoms with van der Waals surface area (Å²) in [6.45, 7) is 6.55. The van der Waals surface area contributed by atoms with Crippen LogP contribution in [0.5, 0.6) is 11.5 Å². The van der Waals surface area contributed by atoms with Gasteiger partial charge in [-0.1, -0.05) is 73.8 Å². The van der Waals surface area contributed by atoms with E-state index in [0.717, 1.165) is 33.1 Å². The predicted octanol–water partition coefficient (Wildman–Crippen LogP) is 5.45. The van der Waals surface area contributed by atoms with E-state index in [1.165, 1.54) is 4.90 Å². The molecule has 29 heavy (non-hydrogen) atoms. The maximum atomic E-state index is 5.92. The molecule has 4 nitrogen and oxygen atoms in total. The SMILES string of the molecule is C.C=C(C)c1cccc(Sc2ccc(OCc3ccccc3)c(OC)c2)c1.O.O. The van der Waals surface area contributed by atoms with Gasteiger partial charge in [-0.2, -0.15) is 0 Å². The Morgan fingerprint density at radius 1 is 0.862 bits per heavy atom. The first kappa shape index (κ1) is 26.3. The molecular weight excluding hydrogens is 384 g/mol. The average molecular weight is 415 g/mol. The van der Waals surface area contributed by atoms with Crippen LogP contribution < -0.4 is 9.47 Å². The highest BCUT2D eigenvalue weighted by atomic mass is 32.2. The summed E-state index contributed by atoms with van der Waals surface area (Å²) in [5, 5.41) is 0. The molecule has 0 aromatic heterocycles. The monoisotopic (exact) mass is 414 g/mol. The fourth-order valence-corrected chi connectivity index (χ4v) is 3.43. The Morgan fingerprint density at radius 2 is 1.55 bits per heavy atom. The molecule has 0 fully saturated rings. The van der Waals surface area contributed by atoms with Crippen LogP contribution in [0.4, 0.5) is 0 Å². The lowest BCUT2D eigenvalue weighted by Crippen LogP contribution is -1.97. The summed E-state index contributed by atoms with van der Waals surface area (Å²) in [4.78, 5) is 2.28. The highest BCUT2D eigenvalue weighted by molar-refractivity contribution is 7.99. The van der Waals surface area contributed by atoms with Crippen LogP contribution in [0.2, 0.25) is 0 Å². The summed E-state index contributed by atoms with van der Waals surface area (Å²) in [7, 11) is 1.67. The Labute approximate surface area is 177 Å². The summed E-state index contributed by atoms with van der Waals surface area (Å²) in [5.41, 5.74) is 3.35. The Balaban J connectivity index is 0.00000261. The van der Waals surface area contributed by atoms with Gasteiger partial charge in [0.25, 0.3) is 0 Å². The Hall–Kier alpha value is -2.73. The van der Waals surface area contributed by atoms with Crippen molar-refractivity contribution in [1.82, 2.24) is 0 Å². The molecule has 156 valence electrons. The molecule has 0 unspecified atom stereocenters. The van der Waals surface area contributed by atoms with Crippen molar-refractivity contribution in [1.29, 1.82) is 0 Å². The zero-order valence-electron chi connectivity index (χ0n) is 16.1. The second kappa shape index (κ2) is 12.7. The zero-order valence-corrected chi connectivity index (χ0v) is 16.9. The molecule has 5 heteroatoms. The van der Waals surface area contributed by atoms with Gasteiger partial charge in [-0.25, -0.2) is 0 Å². The van der Waals surface area contributed by atoms with E-state index in [0.29, 0.717) is 6.61 Å². The molecule has 0 radical (unpaired) electrons. The normalized spacial score (nSPS) is 9.31. The largest absolute Gasteiger partial charge is 0.493 e. The topological polar surface area (TPSA) is 81.5 Å². The third-order valence-corrected chi connectivity index (χ3v) is 4.91. The molecule has 3 rings (SSSR count). The number of allylic oxidation sites excluding steroid dienone is 1. The Kier molecular flexibility index (Phi) is 11.5. The van der Waals surface area contributed by atoms with E-state index in [1.807, 2.05) is 49.4 Å². The van der Waals surface area contributed by atoms with Crippen molar-refractivity contribution >= 4 is 17.3 Å². The molecule has 0 saturated heterocycles. The number of hydrogen-bond acceptors (Lipinski definition) is 3. The quantitative estimate of drug-likeness (QED) is 0.516. The molecule has 0 atom stereocenters. The van der Waals surface area contributed by atoms with Crippen LogP contribution in [0.15, 0.2) is 89.2 Å². The van der Waals surface area contributed by atoms with Gasteiger partial charge in [0, 0.05) is 9.79 Å². The minimum atomic E-state index is 0. The lowest BCUT2D eigenvalue weighted by atomic mass is 10.1. The molecule has 3 aromatic rings. The summed E-state index contributed by atoms with van der Waals surface area (Å²) in [5.74, 6) is 1.48. The average Bonchev–Trinajstić information content (AvgIpc) is 2.68. The van der Waals surface area contributed by atoms with Gasteiger partial charge in [-0.05, 0) is 48.4 Å². The fraction of sp³-hybridized carbons (Fsp3) is 0.167. The molecular formula is C24H30O4S. The van der Waals surface area contributed by atoms with Crippen LogP contribution in [0.1, 0.15) is 25.5 Å².